The second-order valence-electron chi connectivity index (χ2n) is 7.30. The number of nitrogens with one attached hydrogen (secondary N) is 1. The number of hydrogen-bond donors (Lipinski definition) is 1. The summed E-state index contributed by atoms with van der Waals surface area (Å²) >= 11 is 0. The predicted octanol–water partition coefficient (Wildman–Crippen LogP) is 4.12. The van der Waals surface area contributed by atoms with E-state index in [9.17, 15) is 0 Å². The van der Waals surface area contributed by atoms with Gasteiger partial charge in [0.25, 0.3) is 0 Å². The normalized spacial score (nSPS) is 14.6. The minimum atomic E-state index is 0.531. The third kappa shape index (κ3) is 5.97. The van der Waals surface area contributed by atoms with Crippen LogP contribution in [0, 0.1) is 5.92 Å². The van der Waals surface area contributed by atoms with Crippen molar-refractivity contribution in [3.05, 3.63) is 23.9 Å². The summed E-state index contributed by atoms with van der Waals surface area (Å²) in [5.74, 6) is 1.60. The third-order valence-corrected chi connectivity index (χ3v) is 4.84. The molecule has 1 aliphatic rings. The van der Waals surface area contributed by atoms with Crippen LogP contribution in [0.1, 0.15) is 64.1 Å². The molecule has 0 radical (unpaired) electrons. The summed E-state index contributed by atoms with van der Waals surface area (Å²) in [4.78, 5) is 11.9. The molecule has 0 aliphatic carbocycles. The average Bonchev–Trinajstić information content (AvgIpc) is 2.67. The van der Waals surface area contributed by atoms with Crippen LogP contribution in [0.4, 0.5) is 5.82 Å². The Morgan fingerprint density at radius 3 is 2.85 bits per heavy atom. The van der Waals surface area contributed by atoms with Crippen molar-refractivity contribution in [1.82, 2.24) is 15.3 Å². The number of rotatable bonds is 12. The molecule has 2 heterocycles. The summed E-state index contributed by atoms with van der Waals surface area (Å²) in [7, 11) is 0. The molecule has 0 spiro atoms. The molecule has 5 heteroatoms. The molecule has 0 saturated heterocycles. The molecule has 1 aromatic heterocycles. The summed E-state index contributed by atoms with van der Waals surface area (Å²) in [5, 5.41) is 3.42. The minimum absolute atomic E-state index is 0.531. The monoisotopic (exact) mass is 360 g/mol. The zero-order chi connectivity index (χ0) is 18.8. The lowest BCUT2D eigenvalue weighted by molar-refractivity contribution is 0.231. The first kappa shape index (κ1) is 20.7. The van der Waals surface area contributed by atoms with Gasteiger partial charge in [-0.2, -0.15) is 9.97 Å². The number of anilines is 1. The van der Waals surface area contributed by atoms with Crippen molar-refractivity contribution in [2.75, 3.05) is 31.1 Å². The third-order valence-electron chi connectivity index (χ3n) is 4.84. The minimum Gasteiger partial charge on any atom is -0.463 e. The van der Waals surface area contributed by atoms with Gasteiger partial charge in [-0.05, 0) is 38.1 Å². The largest absolute Gasteiger partial charge is 0.463 e. The van der Waals surface area contributed by atoms with Crippen LogP contribution in [0.3, 0.4) is 0 Å². The second kappa shape index (κ2) is 11.2. The van der Waals surface area contributed by atoms with Crippen LogP contribution >= 0.6 is 0 Å². The molecule has 146 valence electrons. The standard InChI is InChI=1S/C21H36N4O/c1-5-8-10-17(4)16-26-21-23-19-15-22-12-11-18(19)20(24-21)25(13-7-3)14-9-6-2/h6,17,22H,2,5,7-16H2,1,3-4H3/t17-/m0/s1. The van der Waals surface area contributed by atoms with Crippen molar-refractivity contribution in [3.8, 4) is 6.01 Å². The smallest absolute Gasteiger partial charge is 0.318 e. The van der Waals surface area contributed by atoms with E-state index in [1.807, 2.05) is 6.08 Å². The van der Waals surface area contributed by atoms with Crippen LogP contribution in [-0.2, 0) is 13.0 Å². The van der Waals surface area contributed by atoms with E-state index in [0.29, 0.717) is 18.5 Å². The summed E-state index contributed by atoms with van der Waals surface area (Å²) in [6.45, 7) is 15.0. The van der Waals surface area contributed by atoms with E-state index in [1.54, 1.807) is 0 Å². The fraction of sp³-hybridized carbons (Fsp3) is 0.714. The van der Waals surface area contributed by atoms with Gasteiger partial charge in [-0.25, -0.2) is 0 Å². The number of unbranched alkanes of at least 4 members (excludes halogenated alkanes) is 1. The van der Waals surface area contributed by atoms with Gasteiger partial charge in [0.1, 0.15) is 5.82 Å². The van der Waals surface area contributed by atoms with E-state index in [-0.39, 0.29) is 0 Å². The van der Waals surface area contributed by atoms with Crippen LogP contribution in [0.25, 0.3) is 0 Å². The molecular weight excluding hydrogens is 324 g/mol. The molecule has 1 atom stereocenters. The number of nitrogens with zero attached hydrogens (tertiary/aromatic N) is 3. The molecular formula is C21H36N4O. The fourth-order valence-electron chi connectivity index (χ4n) is 3.34. The summed E-state index contributed by atoms with van der Waals surface area (Å²) in [6.07, 6.45) is 8.68. The Bertz CT molecular complexity index is 561. The van der Waals surface area contributed by atoms with E-state index in [2.05, 4.69) is 37.6 Å². The highest BCUT2D eigenvalue weighted by atomic mass is 16.5. The Balaban J connectivity index is 2.20. The highest BCUT2D eigenvalue weighted by Crippen LogP contribution is 2.27. The maximum atomic E-state index is 6.01. The highest BCUT2D eigenvalue weighted by molar-refractivity contribution is 5.51. The first-order valence-corrected chi connectivity index (χ1v) is 10.3. The molecule has 0 amide bonds. The van der Waals surface area contributed by atoms with Gasteiger partial charge in [-0.1, -0.05) is 39.7 Å². The van der Waals surface area contributed by atoms with Crippen molar-refractivity contribution in [2.45, 2.75) is 65.8 Å². The SMILES string of the molecule is C=CCCN(CCC)c1nc(OC[C@@H](C)CCCC)nc2c1CCNC2. The first-order chi connectivity index (χ1) is 12.7. The lowest BCUT2D eigenvalue weighted by Crippen LogP contribution is -2.32. The van der Waals surface area contributed by atoms with Crippen molar-refractivity contribution >= 4 is 5.82 Å². The number of aromatic nitrogens is 2. The molecule has 0 saturated carbocycles. The molecule has 1 N–H and O–H groups in total. The molecule has 26 heavy (non-hydrogen) atoms. The lowest BCUT2D eigenvalue weighted by atomic mass is 10.1. The predicted molar refractivity (Wildman–Crippen MR) is 109 cm³/mol. The maximum Gasteiger partial charge on any atom is 0.318 e. The van der Waals surface area contributed by atoms with Crippen molar-refractivity contribution in [3.63, 3.8) is 0 Å². The highest BCUT2D eigenvalue weighted by Gasteiger charge is 2.22. The van der Waals surface area contributed by atoms with Gasteiger partial charge in [0, 0.05) is 25.2 Å². The molecule has 1 aromatic rings. The van der Waals surface area contributed by atoms with Crippen LogP contribution in [0.2, 0.25) is 0 Å². The Morgan fingerprint density at radius 2 is 2.12 bits per heavy atom. The van der Waals surface area contributed by atoms with Crippen LogP contribution in [0.15, 0.2) is 12.7 Å². The van der Waals surface area contributed by atoms with E-state index >= 15 is 0 Å². The van der Waals surface area contributed by atoms with Crippen LogP contribution in [-0.4, -0.2) is 36.2 Å². The van der Waals surface area contributed by atoms with Gasteiger partial charge >= 0.3 is 6.01 Å². The molecule has 0 fully saturated rings. The molecule has 0 aromatic carbocycles. The van der Waals surface area contributed by atoms with Gasteiger partial charge in [-0.15, -0.1) is 6.58 Å². The van der Waals surface area contributed by atoms with Crippen molar-refractivity contribution < 1.29 is 4.74 Å². The van der Waals surface area contributed by atoms with Crippen molar-refractivity contribution in [1.29, 1.82) is 0 Å². The Hall–Kier alpha value is -1.62. The zero-order valence-electron chi connectivity index (χ0n) is 16.9. The maximum absolute atomic E-state index is 6.01. The fourth-order valence-corrected chi connectivity index (χ4v) is 3.34. The van der Waals surface area contributed by atoms with E-state index in [4.69, 9.17) is 14.7 Å². The van der Waals surface area contributed by atoms with Gasteiger partial charge in [0.2, 0.25) is 0 Å². The van der Waals surface area contributed by atoms with Gasteiger partial charge in [-0.3, -0.25) is 0 Å². The molecule has 1 aliphatic heterocycles. The number of hydrogen-bond acceptors (Lipinski definition) is 5. The first-order valence-electron chi connectivity index (χ1n) is 10.3. The van der Waals surface area contributed by atoms with E-state index in [1.165, 1.54) is 24.8 Å². The number of ether oxygens (including phenoxy) is 1. The van der Waals surface area contributed by atoms with Gasteiger partial charge in [0.05, 0.1) is 12.3 Å². The van der Waals surface area contributed by atoms with E-state index in [0.717, 1.165) is 57.0 Å². The Labute approximate surface area is 159 Å². The van der Waals surface area contributed by atoms with Gasteiger partial charge in [0.15, 0.2) is 0 Å². The second-order valence-corrected chi connectivity index (χ2v) is 7.30. The summed E-state index contributed by atoms with van der Waals surface area (Å²) in [5.41, 5.74) is 2.38. The number of fused-ring (bicyclic) bond motifs is 1. The summed E-state index contributed by atoms with van der Waals surface area (Å²) in [6, 6.07) is 0.533. The van der Waals surface area contributed by atoms with Crippen molar-refractivity contribution in [2.24, 2.45) is 5.92 Å². The lowest BCUT2D eigenvalue weighted by Gasteiger charge is -2.28. The van der Waals surface area contributed by atoms with Gasteiger partial charge < -0.3 is 15.0 Å². The van der Waals surface area contributed by atoms with Crippen LogP contribution in [0.5, 0.6) is 6.01 Å². The van der Waals surface area contributed by atoms with Crippen LogP contribution < -0.4 is 15.0 Å². The average molecular weight is 361 g/mol. The zero-order valence-corrected chi connectivity index (χ0v) is 16.9. The Kier molecular flexibility index (Phi) is 8.89. The molecule has 2 rings (SSSR count). The molecule has 5 nitrogen and oxygen atoms in total. The Morgan fingerprint density at radius 1 is 1.27 bits per heavy atom. The molecule has 0 unspecified atom stereocenters. The summed E-state index contributed by atoms with van der Waals surface area (Å²) < 4.78 is 6.01. The quantitative estimate of drug-likeness (QED) is 0.568. The van der Waals surface area contributed by atoms with E-state index < -0.39 is 0 Å². The topological polar surface area (TPSA) is 50.3 Å². The molecule has 0 bridgehead atoms.